The topological polar surface area (TPSA) is 72.2 Å². The van der Waals surface area contributed by atoms with Crippen molar-refractivity contribution in [1.82, 2.24) is 5.32 Å². The predicted molar refractivity (Wildman–Crippen MR) is 74.6 cm³/mol. The average Bonchev–Trinajstić information content (AvgIpc) is 2.42. The number of non-ortho nitro benzene ring substituents is 1. The van der Waals surface area contributed by atoms with Gasteiger partial charge in [-0.05, 0) is 24.5 Å². The minimum absolute atomic E-state index is 0.0163. The lowest BCUT2D eigenvalue weighted by Crippen LogP contribution is -2.32. The number of amides is 1. The second-order valence-electron chi connectivity index (χ2n) is 4.21. The molecule has 0 unspecified atom stereocenters. The Hall–Kier alpha value is -2.17. The van der Waals surface area contributed by atoms with Gasteiger partial charge in [-0.2, -0.15) is 0 Å². The van der Waals surface area contributed by atoms with Gasteiger partial charge < -0.3 is 5.32 Å². The molecule has 1 N–H and O–H groups in total. The van der Waals surface area contributed by atoms with E-state index >= 15 is 0 Å². The molecule has 0 aromatic heterocycles. The molecule has 5 heteroatoms. The summed E-state index contributed by atoms with van der Waals surface area (Å²) in [7, 11) is 0. The number of nitro benzene ring substituents is 1. The number of benzene rings is 1. The Morgan fingerprint density at radius 3 is 2.68 bits per heavy atom. The van der Waals surface area contributed by atoms with Gasteiger partial charge in [-0.25, -0.2) is 0 Å². The second kappa shape index (κ2) is 7.31. The molecule has 1 aromatic rings. The molecule has 0 aliphatic rings. The second-order valence-corrected chi connectivity index (χ2v) is 4.21. The standard InChI is InChI=1S/C14H18N2O3/c1-3-12(4-2)15-14(17)9-8-11-6-5-7-13(10-11)16(18)19/h5-10,12H,3-4H2,1-2H3,(H,15,17)/b9-8+. The SMILES string of the molecule is CCC(CC)NC(=O)/C=C/c1cccc([N+](=O)[O-])c1. The van der Waals surface area contributed by atoms with Crippen LogP contribution in [0.3, 0.4) is 0 Å². The molecule has 1 aromatic carbocycles. The number of carbonyl (C=O) groups is 1. The first kappa shape index (κ1) is 14.9. The number of nitro groups is 1. The van der Waals surface area contributed by atoms with E-state index in [1.807, 2.05) is 13.8 Å². The first-order chi connectivity index (χ1) is 9.06. The molecule has 0 radical (unpaired) electrons. The van der Waals surface area contributed by atoms with Crippen LogP contribution in [-0.4, -0.2) is 16.9 Å². The van der Waals surface area contributed by atoms with Crippen LogP contribution in [0.2, 0.25) is 0 Å². The normalized spacial score (nSPS) is 10.9. The Bertz CT molecular complexity index is 479. The zero-order valence-corrected chi connectivity index (χ0v) is 11.1. The molecule has 0 fully saturated rings. The fraction of sp³-hybridized carbons (Fsp3) is 0.357. The first-order valence-corrected chi connectivity index (χ1v) is 6.29. The highest BCUT2D eigenvalue weighted by Gasteiger charge is 2.06. The molecule has 102 valence electrons. The summed E-state index contributed by atoms with van der Waals surface area (Å²) in [6, 6.07) is 6.33. The van der Waals surface area contributed by atoms with Crippen LogP contribution in [0.1, 0.15) is 32.3 Å². The highest BCUT2D eigenvalue weighted by Crippen LogP contribution is 2.14. The highest BCUT2D eigenvalue weighted by atomic mass is 16.6. The van der Waals surface area contributed by atoms with Gasteiger partial charge in [-0.1, -0.05) is 26.0 Å². The summed E-state index contributed by atoms with van der Waals surface area (Å²) in [5.41, 5.74) is 0.649. The summed E-state index contributed by atoms with van der Waals surface area (Å²) >= 11 is 0. The first-order valence-electron chi connectivity index (χ1n) is 6.29. The molecule has 0 spiro atoms. The van der Waals surface area contributed by atoms with E-state index in [0.29, 0.717) is 5.56 Å². The van der Waals surface area contributed by atoms with Crippen molar-refractivity contribution < 1.29 is 9.72 Å². The summed E-state index contributed by atoms with van der Waals surface area (Å²) in [4.78, 5) is 21.8. The van der Waals surface area contributed by atoms with Crippen molar-refractivity contribution in [3.8, 4) is 0 Å². The maximum Gasteiger partial charge on any atom is 0.270 e. The number of carbonyl (C=O) groups excluding carboxylic acids is 1. The van der Waals surface area contributed by atoms with Gasteiger partial charge in [0.1, 0.15) is 0 Å². The van der Waals surface area contributed by atoms with Crippen LogP contribution in [0.15, 0.2) is 30.3 Å². The smallest absolute Gasteiger partial charge is 0.270 e. The summed E-state index contributed by atoms with van der Waals surface area (Å²) in [6.07, 6.45) is 4.74. The van der Waals surface area contributed by atoms with Crippen LogP contribution in [0.5, 0.6) is 0 Å². The highest BCUT2D eigenvalue weighted by molar-refractivity contribution is 5.91. The fourth-order valence-electron chi connectivity index (χ4n) is 1.66. The Morgan fingerprint density at radius 1 is 1.42 bits per heavy atom. The van der Waals surface area contributed by atoms with Crippen molar-refractivity contribution in [2.45, 2.75) is 32.7 Å². The van der Waals surface area contributed by atoms with Crippen LogP contribution in [-0.2, 0) is 4.79 Å². The molecular weight excluding hydrogens is 244 g/mol. The van der Waals surface area contributed by atoms with Crippen molar-refractivity contribution in [2.24, 2.45) is 0 Å². The molecule has 1 amide bonds. The van der Waals surface area contributed by atoms with Gasteiger partial charge in [0.2, 0.25) is 5.91 Å². The summed E-state index contributed by atoms with van der Waals surface area (Å²) in [6.45, 7) is 4.03. The van der Waals surface area contributed by atoms with E-state index in [4.69, 9.17) is 0 Å². The van der Waals surface area contributed by atoms with E-state index in [2.05, 4.69) is 5.32 Å². The molecule has 19 heavy (non-hydrogen) atoms. The third-order valence-corrected chi connectivity index (χ3v) is 2.84. The molecule has 5 nitrogen and oxygen atoms in total. The van der Waals surface area contributed by atoms with Gasteiger partial charge in [0.15, 0.2) is 0 Å². The number of rotatable bonds is 6. The van der Waals surface area contributed by atoms with E-state index in [1.54, 1.807) is 18.2 Å². The van der Waals surface area contributed by atoms with Gasteiger partial charge >= 0.3 is 0 Å². The summed E-state index contributed by atoms with van der Waals surface area (Å²) in [5, 5.41) is 13.5. The van der Waals surface area contributed by atoms with Gasteiger partial charge in [0, 0.05) is 24.3 Å². The van der Waals surface area contributed by atoms with Gasteiger partial charge in [0.05, 0.1) is 4.92 Å². The van der Waals surface area contributed by atoms with Crippen LogP contribution >= 0.6 is 0 Å². The summed E-state index contributed by atoms with van der Waals surface area (Å²) in [5.74, 6) is -0.180. The molecule has 0 aliphatic carbocycles. The lowest BCUT2D eigenvalue weighted by atomic mass is 10.1. The largest absolute Gasteiger partial charge is 0.350 e. The molecule has 1 rings (SSSR count). The Balaban J connectivity index is 2.68. The minimum Gasteiger partial charge on any atom is -0.350 e. The number of hydrogen-bond acceptors (Lipinski definition) is 3. The molecule has 0 saturated carbocycles. The van der Waals surface area contributed by atoms with E-state index in [9.17, 15) is 14.9 Å². The van der Waals surface area contributed by atoms with Crippen molar-refractivity contribution in [3.05, 3.63) is 46.0 Å². The minimum atomic E-state index is -0.457. The van der Waals surface area contributed by atoms with Gasteiger partial charge in [0.25, 0.3) is 5.69 Å². The zero-order valence-electron chi connectivity index (χ0n) is 11.1. The quantitative estimate of drug-likeness (QED) is 0.486. The van der Waals surface area contributed by atoms with Gasteiger partial charge in [-0.3, -0.25) is 14.9 Å². The molecule has 0 atom stereocenters. The fourth-order valence-corrected chi connectivity index (χ4v) is 1.66. The zero-order chi connectivity index (χ0) is 14.3. The molecular formula is C14H18N2O3. The van der Waals surface area contributed by atoms with Crippen LogP contribution in [0.25, 0.3) is 6.08 Å². The van der Waals surface area contributed by atoms with Crippen molar-refractivity contribution in [2.75, 3.05) is 0 Å². The number of nitrogens with one attached hydrogen (secondary N) is 1. The molecule has 0 heterocycles. The Kier molecular flexibility index (Phi) is 5.73. The van der Waals surface area contributed by atoms with Crippen LogP contribution < -0.4 is 5.32 Å². The molecule has 0 saturated heterocycles. The maximum absolute atomic E-state index is 11.6. The van der Waals surface area contributed by atoms with E-state index in [1.165, 1.54) is 18.2 Å². The molecule has 0 bridgehead atoms. The van der Waals surface area contributed by atoms with Gasteiger partial charge in [-0.15, -0.1) is 0 Å². The van der Waals surface area contributed by atoms with E-state index < -0.39 is 4.92 Å². The third kappa shape index (κ3) is 4.91. The van der Waals surface area contributed by atoms with E-state index in [-0.39, 0.29) is 17.6 Å². The Morgan fingerprint density at radius 2 is 2.11 bits per heavy atom. The van der Waals surface area contributed by atoms with Crippen molar-refractivity contribution in [1.29, 1.82) is 0 Å². The maximum atomic E-state index is 11.6. The number of hydrogen-bond donors (Lipinski definition) is 1. The lowest BCUT2D eigenvalue weighted by Gasteiger charge is -2.12. The number of nitrogens with zero attached hydrogens (tertiary/aromatic N) is 1. The van der Waals surface area contributed by atoms with E-state index in [0.717, 1.165) is 12.8 Å². The van der Waals surface area contributed by atoms with Crippen molar-refractivity contribution in [3.63, 3.8) is 0 Å². The van der Waals surface area contributed by atoms with Crippen LogP contribution in [0.4, 0.5) is 5.69 Å². The third-order valence-electron chi connectivity index (χ3n) is 2.84. The predicted octanol–water partition coefficient (Wildman–Crippen LogP) is 2.91. The molecule has 0 aliphatic heterocycles. The van der Waals surface area contributed by atoms with Crippen molar-refractivity contribution >= 4 is 17.7 Å². The average molecular weight is 262 g/mol. The summed E-state index contributed by atoms with van der Waals surface area (Å²) < 4.78 is 0. The van der Waals surface area contributed by atoms with Crippen LogP contribution in [0, 0.1) is 10.1 Å². The Labute approximate surface area is 112 Å². The monoisotopic (exact) mass is 262 g/mol. The lowest BCUT2D eigenvalue weighted by molar-refractivity contribution is -0.384.